The molecule has 1 aliphatic carbocycles. The molecule has 1 aliphatic rings. The first kappa shape index (κ1) is 16.1. The highest BCUT2D eigenvalue weighted by molar-refractivity contribution is 7.84. The molecule has 2 amide bonds. The lowest BCUT2D eigenvalue weighted by atomic mass is 10.1. The van der Waals surface area contributed by atoms with E-state index >= 15 is 0 Å². The van der Waals surface area contributed by atoms with Crippen LogP contribution in [-0.2, 0) is 11.3 Å². The standard InChI is InChI=1S/C16H16N2O3S/c19-15(18-21)12-8-6-11(7-9-12)10-17-16(20)13-4-2-1-3-5-14(13)22/h1,3-9,21-22H,2,10H2,(H,17,20)(H,18,19). The van der Waals surface area contributed by atoms with Gasteiger partial charge in [-0.1, -0.05) is 30.4 Å². The van der Waals surface area contributed by atoms with E-state index in [1.165, 1.54) is 0 Å². The molecule has 0 aliphatic heterocycles. The van der Waals surface area contributed by atoms with Gasteiger partial charge in [0, 0.05) is 22.6 Å². The van der Waals surface area contributed by atoms with Crippen LogP contribution in [0.1, 0.15) is 22.3 Å². The highest BCUT2D eigenvalue weighted by atomic mass is 32.1. The molecule has 22 heavy (non-hydrogen) atoms. The van der Waals surface area contributed by atoms with Crippen LogP contribution in [0.15, 0.2) is 59.0 Å². The van der Waals surface area contributed by atoms with Crippen molar-refractivity contribution in [3.63, 3.8) is 0 Å². The van der Waals surface area contributed by atoms with Crippen molar-refractivity contribution < 1.29 is 14.8 Å². The quantitative estimate of drug-likeness (QED) is 0.390. The summed E-state index contributed by atoms with van der Waals surface area (Å²) in [6, 6.07) is 6.58. The van der Waals surface area contributed by atoms with Crippen LogP contribution in [0.25, 0.3) is 0 Å². The first-order chi connectivity index (χ1) is 10.6. The molecule has 0 saturated carbocycles. The zero-order valence-corrected chi connectivity index (χ0v) is 12.6. The summed E-state index contributed by atoms with van der Waals surface area (Å²) in [5.74, 6) is -0.765. The summed E-state index contributed by atoms with van der Waals surface area (Å²) in [5, 5.41) is 11.4. The minimum Gasteiger partial charge on any atom is -0.348 e. The van der Waals surface area contributed by atoms with Crippen LogP contribution in [-0.4, -0.2) is 17.0 Å². The van der Waals surface area contributed by atoms with Crippen LogP contribution in [0.3, 0.4) is 0 Å². The fourth-order valence-electron chi connectivity index (χ4n) is 1.94. The van der Waals surface area contributed by atoms with Gasteiger partial charge < -0.3 is 5.32 Å². The minimum atomic E-state index is -0.573. The van der Waals surface area contributed by atoms with Crippen LogP contribution >= 0.6 is 12.6 Å². The average Bonchev–Trinajstić information content (AvgIpc) is 2.77. The molecule has 2 rings (SSSR count). The molecule has 0 atom stereocenters. The number of hydrogen-bond donors (Lipinski definition) is 4. The molecule has 0 fully saturated rings. The van der Waals surface area contributed by atoms with Gasteiger partial charge in [0.05, 0.1) is 0 Å². The predicted octanol–water partition coefficient (Wildman–Crippen LogP) is 2.12. The van der Waals surface area contributed by atoms with Gasteiger partial charge in [0.25, 0.3) is 11.8 Å². The van der Waals surface area contributed by atoms with Gasteiger partial charge in [0.15, 0.2) is 0 Å². The molecule has 0 radical (unpaired) electrons. The molecule has 0 aromatic heterocycles. The van der Waals surface area contributed by atoms with Crippen molar-refractivity contribution in [1.29, 1.82) is 0 Å². The lowest BCUT2D eigenvalue weighted by molar-refractivity contribution is -0.117. The van der Waals surface area contributed by atoms with Crippen molar-refractivity contribution in [2.24, 2.45) is 0 Å². The highest BCUT2D eigenvalue weighted by Crippen LogP contribution is 2.18. The number of hydroxylamine groups is 1. The van der Waals surface area contributed by atoms with Crippen LogP contribution < -0.4 is 10.8 Å². The number of amides is 2. The number of hydrogen-bond acceptors (Lipinski definition) is 4. The third kappa shape index (κ3) is 4.09. The van der Waals surface area contributed by atoms with E-state index in [4.69, 9.17) is 5.21 Å². The topological polar surface area (TPSA) is 78.4 Å². The van der Waals surface area contributed by atoms with Crippen molar-refractivity contribution in [2.75, 3.05) is 0 Å². The zero-order valence-electron chi connectivity index (χ0n) is 11.7. The van der Waals surface area contributed by atoms with Crippen LogP contribution in [0.4, 0.5) is 0 Å². The number of nitrogens with one attached hydrogen (secondary N) is 2. The molecule has 0 bridgehead atoms. The average molecular weight is 316 g/mol. The van der Waals surface area contributed by atoms with E-state index in [0.717, 1.165) is 5.56 Å². The second-order valence-corrected chi connectivity index (χ2v) is 5.14. The lowest BCUT2D eigenvalue weighted by Gasteiger charge is -2.09. The molecule has 0 unspecified atom stereocenters. The van der Waals surface area contributed by atoms with E-state index in [1.54, 1.807) is 35.8 Å². The number of rotatable bonds is 4. The van der Waals surface area contributed by atoms with Gasteiger partial charge in [-0.2, -0.15) is 0 Å². The van der Waals surface area contributed by atoms with Gasteiger partial charge in [-0.15, -0.1) is 12.6 Å². The van der Waals surface area contributed by atoms with E-state index in [1.807, 2.05) is 18.2 Å². The fourth-order valence-corrected chi connectivity index (χ4v) is 2.22. The number of allylic oxidation sites excluding steroid dienone is 4. The SMILES string of the molecule is O=C(NCc1ccc(C(=O)NO)cc1)C1=CCC=CC=C1S. The highest BCUT2D eigenvalue weighted by Gasteiger charge is 2.12. The third-order valence-corrected chi connectivity index (χ3v) is 3.53. The van der Waals surface area contributed by atoms with E-state index in [-0.39, 0.29) is 5.91 Å². The summed E-state index contributed by atoms with van der Waals surface area (Å²) in [7, 11) is 0. The smallest absolute Gasteiger partial charge is 0.274 e. The Morgan fingerprint density at radius 3 is 2.59 bits per heavy atom. The summed E-state index contributed by atoms with van der Waals surface area (Å²) in [4.78, 5) is 24.0. The minimum absolute atomic E-state index is 0.192. The van der Waals surface area contributed by atoms with Crippen molar-refractivity contribution in [1.82, 2.24) is 10.8 Å². The maximum atomic E-state index is 12.2. The van der Waals surface area contributed by atoms with Gasteiger partial charge in [-0.05, 0) is 30.2 Å². The predicted molar refractivity (Wildman–Crippen MR) is 86.5 cm³/mol. The van der Waals surface area contributed by atoms with Gasteiger partial charge in [-0.3, -0.25) is 14.8 Å². The Morgan fingerprint density at radius 1 is 1.18 bits per heavy atom. The summed E-state index contributed by atoms with van der Waals surface area (Å²) in [6.07, 6.45) is 8.11. The lowest BCUT2D eigenvalue weighted by Crippen LogP contribution is -2.25. The van der Waals surface area contributed by atoms with Gasteiger partial charge >= 0.3 is 0 Å². The first-order valence-electron chi connectivity index (χ1n) is 6.69. The zero-order chi connectivity index (χ0) is 15.9. The summed E-state index contributed by atoms with van der Waals surface area (Å²) in [6.45, 7) is 0.339. The summed E-state index contributed by atoms with van der Waals surface area (Å²) >= 11 is 4.30. The van der Waals surface area contributed by atoms with Crippen molar-refractivity contribution in [3.8, 4) is 0 Å². The van der Waals surface area contributed by atoms with Gasteiger partial charge in [-0.25, -0.2) is 5.48 Å². The molecule has 1 aromatic carbocycles. The Hall–Kier alpha value is -2.31. The molecule has 6 heteroatoms. The Morgan fingerprint density at radius 2 is 1.91 bits per heavy atom. The fraction of sp³-hybridized carbons (Fsp3) is 0.125. The molecular weight excluding hydrogens is 300 g/mol. The van der Waals surface area contributed by atoms with E-state index < -0.39 is 5.91 Å². The molecule has 114 valence electrons. The maximum Gasteiger partial charge on any atom is 0.274 e. The maximum absolute atomic E-state index is 12.2. The summed E-state index contributed by atoms with van der Waals surface area (Å²) in [5.41, 5.74) is 3.30. The molecule has 1 aromatic rings. The molecule has 0 heterocycles. The van der Waals surface area contributed by atoms with Crippen LogP contribution in [0, 0.1) is 0 Å². The Kier molecular flexibility index (Phi) is 5.57. The van der Waals surface area contributed by atoms with Crippen molar-refractivity contribution in [2.45, 2.75) is 13.0 Å². The van der Waals surface area contributed by atoms with Crippen molar-refractivity contribution in [3.05, 3.63) is 70.2 Å². The van der Waals surface area contributed by atoms with Crippen LogP contribution in [0.2, 0.25) is 0 Å². The molecule has 3 N–H and O–H groups in total. The molecule has 5 nitrogen and oxygen atoms in total. The van der Waals surface area contributed by atoms with Crippen molar-refractivity contribution >= 4 is 24.4 Å². The molecule has 0 saturated heterocycles. The second-order valence-electron chi connectivity index (χ2n) is 4.65. The Bertz CT molecular complexity index is 660. The van der Waals surface area contributed by atoms with E-state index in [0.29, 0.717) is 29.0 Å². The first-order valence-corrected chi connectivity index (χ1v) is 7.14. The van der Waals surface area contributed by atoms with E-state index in [9.17, 15) is 9.59 Å². The van der Waals surface area contributed by atoms with E-state index in [2.05, 4.69) is 17.9 Å². The normalized spacial score (nSPS) is 13.7. The van der Waals surface area contributed by atoms with Gasteiger partial charge in [0.2, 0.25) is 0 Å². The monoisotopic (exact) mass is 316 g/mol. The third-order valence-electron chi connectivity index (χ3n) is 3.14. The Labute approximate surface area is 133 Å². The molecular formula is C16H16N2O3S. The number of thiol groups is 1. The largest absolute Gasteiger partial charge is 0.348 e. The second kappa shape index (κ2) is 7.63. The van der Waals surface area contributed by atoms with Gasteiger partial charge in [0.1, 0.15) is 0 Å². The van der Waals surface area contributed by atoms with Crippen LogP contribution in [0.5, 0.6) is 0 Å². The molecule has 0 spiro atoms. The number of carbonyl (C=O) groups is 2. The number of benzene rings is 1. The summed E-state index contributed by atoms with van der Waals surface area (Å²) < 4.78 is 0. The number of carbonyl (C=O) groups excluding carboxylic acids is 2. The Balaban J connectivity index is 1.97.